The van der Waals surface area contributed by atoms with Crippen LogP contribution in [0.1, 0.15) is 27.3 Å². The Hall–Kier alpha value is -3.00. The van der Waals surface area contributed by atoms with Gasteiger partial charge < -0.3 is 20.3 Å². The molecular formula is C18H23N5O3. The van der Waals surface area contributed by atoms with Crippen LogP contribution < -0.4 is 10.6 Å². The van der Waals surface area contributed by atoms with Crippen molar-refractivity contribution >= 4 is 23.4 Å². The number of aromatic nitrogens is 2. The van der Waals surface area contributed by atoms with Crippen molar-refractivity contribution in [3.8, 4) is 0 Å². The molecule has 2 N–H and O–H groups in total. The number of benzene rings is 1. The van der Waals surface area contributed by atoms with Gasteiger partial charge in [-0.2, -0.15) is 0 Å². The second-order valence-corrected chi connectivity index (χ2v) is 5.90. The Morgan fingerprint density at radius 1 is 1.19 bits per heavy atom. The van der Waals surface area contributed by atoms with Crippen molar-refractivity contribution in [2.75, 3.05) is 39.6 Å². The van der Waals surface area contributed by atoms with Crippen LogP contribution in [0.4, 0.5) is 11.5 Å². The first-order valence-electron chi connectivity index (χ1n) is 8.20. The van der Waals surface area contributed by atoms with Crippen LogP contribution in [0.5, 0.6) is 0 Å². The Labute approximate surface area is 152 Å². The van der Waals surface area contributed by atoms with Gasteiger partial charge in [-0.3, -0.25) is 4.79 Å². The number of anilines is 2. The minimum absolute atomic E-state index is 0.252. The number of amides is 1. The van der Waals surface area contributed by atoms with Crippen LogP contribution in [0.25, 0.3) is 0 Å². The Balaban J connectivity index is 2.00. The van der Waals surface area contributed by atoms with Gasteiger partial charge >= 0.3 is 5.97 Å². The zero-order valence-corrected chi connectivity index (χ0v) is 15.2. The first kappa shape index (κ1) is 19.3. The molecule has 0 bridgehead atoms. The smallest absolute Gasteiger partial charge is 0.337 e. The summed E-state index contributed by atoms with van der Waals surface area (Å²) >= 11 is 0. The normalized spacial score (nSPS) is 10.5. The fraction of sp³-hybridized carbons (Fsp3) is 0.333. The molecule has 0 atom stereocenters. The van der Waals surface area contributed by atoms with E-state index in [-0.39, 0.29) is 11.6 Å². The number of carbonyl (C=O) groups is 2. The second kappa shape index (κ2) is 9.47. The summed E-state index contributed by atoms with van der Waals surface area (Å²) in [6.45, 7) is 1.47. The molecule has 2 aromatic rings. The molecule has 0 aliphatic heterocycles. The predicted molar refractivity (Wildman–Crippen MR) is 98.6 cm³/mol. The van der Waals surface area contributed by atoms with E-state index < -0.39 is 5.97 Å². The number of methoxy groups -OCH3 is 1. The highest BCUT2D eigenvalue weighted by Crippen LogP contribution is 2.16. The molecular weight excluding hydrogens is 334 g/mol. The Kier molecular flexibility index (Phi) is 7.04. The highest BCUT2D eigenvalue weighted by Gasteiger charge is 2.10. The van der Waals surface area contributed by atoms with Crippen molar-refractivity contribution in [1.82, 2.24) is 20.2 Å². The average Bonchev–Trinajstić information content (AvgIpc) is 2.64. The minimum atomic E-state index is -0.422. The lowest BCUT2D eigenvalue weighted by Crippen LogP contribution is -2.27. The number of rotatable bonds is 8. The van der Waals surface area contributed by atoms with Gasteiger partial charge in [-0.15, -0.1) is 0 Å². The molecule has 0 saturated heterocycles. The van der Waals surface area contributed by atoms with Crippen LogP contribution in [-0.2, 0) is 4.74 Å². The lowest BCUT2D eigenvalue weighted by atomic mass is 10.2. The van der Waals surface area contributed by atoms with E-state index in [1.807, 2.05) is 14.1 Å². The standard InChI is InChI=1S/C18H23N5O3/c1-23(2)9-5-8-19-17(24)15-11-16(21-12-20-15)22-14-7-4-6-13(10-14)18(25)26-3/h4,6-7,10-12H,5,8-9H2,1-3H3,(H,19,24)(H,20,21,22). The van der Waals surface area contributed by atoms with Gasteiger partial charge in [-0.05, 0) is 45.3 Å². The van der Waals surface area contributed by atoms with E-state index >= 15 is 0 Å². The molecule has 8 heteroatoms. The fourth-order valence-electron chi connectivity index (χ4n) is 2.23. The molecule has 1 heterocycles. The summed E-state index contributed by atoms with van der Waals surface area (Å²) in [5, 5.41) is 5.89. The van der Waals surface area contributed by atoms with E-state index in [9.17, 15) is 9.59 Å². The maximum atomic E-state index is 12.2. The van der Waals surface area contributed by atoms with Gasteiger partial charge in [0.25, 0.3) is 5.91 Å². The topological polar surface area (TPSA) is 96.4 Å². The third-order valence-electron chi connectivity index (χ3n) is 3.52. The van der Waals surface area contributed by atoms with Gasteiger partial charge in [0.05, 0.1) is 12.7 Å². The van der Waals surface area contributed by atoms with E-state index in [4.69, 9.17) is 4.74 Å². The van der Waals surface area contributed by atoms with Gasteiger partial charge in [-0.25, -0.2) is 14.8 Å². The number of esters is 1. The molecule has 8 nitrogen and oxygen atoms in total. The van der Waals surface area contributed by atoms with Gasteiger partial charge in [-0.1, -0.05) is 6.07 Å². The van der Waals surface area contributed by atoms with Crippen LogP contribution >= 0.6 is 0 Å². The van der Waals surface area contributed by atoms with E-state index in [1.54, 1.807) is 30.3 Å². The molecule has 0 unspecified atom stereocenters. The number of nitrogens with one attached hydrogen (secondary N) is 2. The van der Waals surface area contributed by atoms with Crippen LogP contribution in [0.3, 0.4) is 0 Å². The largest absolute Gasteiger partial charge is 0.465 e. The molecule has 0 radical (unpaired) electrons. The fourth-order valence-corrected chi connectivity index (χ4v) is 2.23. The van der Waals surface area contributed by atoms with E-state index in [1.165, 1.54) is 13.4 Å². The first-order valence-corrected chi connectivity index (χ1v) is 8.20. The number of ether oxygens (including phenoxy) is 1. The zero-order chi connectivity index (χ0) is 18.9. The number of nitrogens with zero attached hydrogens (tertiary/aromatic N) is 3. The predicted octanol–water partition coefficient (Wildman–Crippen LogP) is 1.69. The molecule has 1 amide bonds. The molecule has 0 aliphatic rings. The van der Waals surface area contributed by atoms with Crippen molar-refractivity contribution < 1.29 is 14.3 Å². The van der Waals surface area contributed by atoms with Crippen LogP contribution in [0, 0.1) is 0 Å². The maximum Gasteiger partial charge on any atom is 0.337 e. The van der Waals surface area contributed by atoms with E-state index in [2.05, 4.69) is 25.5 Å². The van der Waals surface area contributed by atoms with Crippen LogP contribution in [0.2, 0.25) is 0 Å². The van der Waals surface area contributed by atoms with E-state index in [0.717, 1.165) is 13.0 Å². The van der Waals surface area contributed by atoms with Crippen molar-refractivity contribution in [3.05, 3.63) is 47.9 Å². The highest BCUT2D eigenvalue weighted by atomic mass is 16.5. The molecule has 0 saturated carbocycles. The number of carbonyl (C=O) groups excluding carboxylic acids is 2. The van der Waals surface area contributed by atoms with Gasteiger partial charge in [0.15, 0.2) is 0 Å². The molecule has 26 heavy (non-hydrogen) atoms. The Morgan fingerprint density at radius 3 is 2.73 bits per heavy atom. The summed E-state index contributed by atoms with van der Waals surface area (Å²) in [6.07, 6.45) is 2.18. The minimum Gasteiger partial charge on any atom is -0.465 e. The molecule has 0 spiro atoms. The summed E-state index contributed by atoms with van der Waals surface area (Å²) < 4.78 is 4.71. The second-order valence-electron chi connectivity index (χ2n) is 5.90. The zero-order valence-electron chi connectivity index (χ0n) is 15.2. The Morgan fingerprint density at radius 2 is 2.00 bits per heavy atom. The summed E-state index contributed by atoms with van der Waals surface area (Å²) in [4.78, 5) is 33.9. The molecule has 2 rings (SSSR count). The average molecular weight is 357 g/mol. The maximum absolute atomic E-state index is 12.2. The third-order valence-corrected chi connectivity index (χ3v) is 3.52. The van der Waals surface area contributed by atoms with Gasteiger partial charge in [0.1, 0.15) is 17.8 Å². The molecule has 1 aromatic carbocycles. The first-order chi connectivity index (χ1) is 12.5. The monoisotopic (exact) mass is 357 g/mol. The summed E-state index contributed by atoms with van der Waals surface area (Å²) in [5.41, 5.74) is 1.35. The summed E-state index contributed by atoms with van der Waals surface area (Å²) in [6, 6.07) is 8.38. The highest BCUT2D eigenvalue weighted by molar-refractivity contribution is 5.93. The third kappa shape index (κ3) is 5.82. The van der Waals surface area contributed by atoms with Gasteiger partial charge in [0.2, 0.25) is 0 Å². The number of hydrogen-bond donors (Lipinski definition) is 2. The lowest BCUT2D eigenvalue weighted by molar-refractivity contribution is 0.0600. The quantitative estimate of drug-likeness (QED) is 0.548. The lowest BCUT2D eigenvalue weighted by Gasteiger charge is -2.10. The van der Waals surface area contributed by atoms with Crippen LogP contribution in [-0.4, -0.2) is 61.0 Å². The van der Waals surface area contributed by atoms with Crippen molar-refractivity contribution in [2.24, 2.45) is 0 Å². The SMILES string of the molecule is COC(=O)c1cccc(Nc2cc(C(=O)NCCCN(C)C)ncn2)c1. The summed E-state index contributed by atoms with van der Waals surface area (Å²) in [5.74, 6) is -0.216. The van der Waals surface area contributed by atoms with Crippen molar-refractivity contribution in [3.63, 3.8) is 0 Å². The van der Waals surface area contributed by atoms with Crippen molar-refractivity contribution in [1.29, 1.82) is 0 Å². The Bertz CT molecular complexity index is 764. The van der Waals surface area contributed by atoms with Crippen molar-refractivity contribution in [2.45, 2.75) is 6.42 Å². The van der Waals surface area contributed by atoms with Crippen LogP contribution in [0.15, 0.2) is 36.7 Å². The molecule has 138 valence electrons. The van der Waals surface area contributed by atoms with E-state index in [0.29, 0.717) is 23.6 Å². The molecule has 0 aliphatic carbocycles. The number of hydrogen-bond acceptors (Lipinski definition) is 7. The molecule has 1 aromatic heterocycles. The molecule has 0 fully saturated rings. The summed E-state index contributed by atoms with van der Waals surface area (Å²) in [7, 11) is 5.30. The van der Waals surface area contributed by atoms with Gasteiger partial charge in [0, 0.05) is 18.3 Å².